The van der Waals surface area contributed by atoms with Crippen LogP contribution in [0.2, 0.25) is 0 Å². The fraction of sp³-hybridized carbons (Fsp3) is 0.179. The molecule has 5 rings (SSSR count). The lowest BCUT2D eigenvalue weighted by Crippen LogP contribution is -2.24. The molecule has 5 aromatic rings. The minimum atomic E-state index is -0.0832. The molecule has 5 nitrogen and oxygen atoms in total. The van der Waals surface area contributed by atoms with Gasteiger partial charge in [0.25, 0.3) is 0 Å². The SMILES string of the molecule is Cc1ccc(-c2csc(-c3ccc(CNC(=O)Cc4noc5cc(C)c(C)cc45)cc3)n2)cc1. The third-order valence-electron chi connectivity index (χ3n) is 6.03. The molecule has 0 atom stereocenters. The zero-order valence-corrected chi connectivity index (χ0v) is 20.2. The molecule has 0 radical (unpaired) electrons. The zero-order valence-electron chi connectivity index (χ0n) is 19.4. The summed E-state index contributed by atoms with van der Waals surface area (Å²) in [7, 11) is 0. The number of hydrogen-bond donors (Lipinski definition) is 1. The third kappa shape index (κ3) is 4.63. The lowest BCUT2D eigenvalue weighted by molar-refractivity contribution is -0.120. The molecule has 2 aromatic heterocycles. The number of fused-ring (bicyclic) bond motifs is 1. The minimum absolute atomic E-state index is 0.0832. The lowest BCUT2D eigenvalue weighted by Gasteiger charge is -2.06. The minimum Gasteiger partial charge on any atom is -0.356 e. The van der Waals surface area contributed by atoms with Gasteiger partial charge in [-0.3, -0.25) is 4.79 Å². The second-order valence-corrected chi connectivity index (χ2v) is 9.47. The van der Waals surface area contributed by atoms with Crippen LogP contribution < -0.4 is 5.32 Å². The van der Waals surface area contributed by atoms with Crippen LogP contribution in [0.5, 0.6) is 0 Å². The molecular formula is C28H25N3O2S. The van der Waals surface area contributed by atoms with Crippen LogP contribution in [0.4, 0.5) is 0 Å². The van der Waals surface area contributed by atoms with Crippen molar-refractivity contribution in [3.05, 3.63) is 94.0 Å². The van der Waals surface area contributed by atoms with Gasteiger partial charge < -0.3 is 9.84 Å². The number of benzene rings is 3. The Labute approximate surface area is 202 Å². The van der Waals surface area contributed by atoms with Crippen molar-refractivity contribution in [1.82, 2.24) is 15.5 Å². The zero-order chi connectivity index (χ0) is 23.7. The second-order valence-electron chi connectivity index (χ2n) is 8.62. The normalized spacial score (nSPS) is 11.1. The van der Waals surface area contributed by atoms with E-state index in [1.807, 2.05) is 38.1 Å². The number of carbonyl (C=O) groups excluding carboxylic acids is 1. The largest absolute Gasteiger partial charge is 0.356 e. The Balaban J connectivity index is 1.21. The maximum atomic E-state index is 12.5. The van der Waals surface area contributed by atoms with E-state index < -0.39 is 0 Å². The van der Waals surface area contributed by atoms with Gasteiger partial charge in [0.15, 0.2) is 5.58 Å². The van der Waals surface area contributed by atoms with Gasteiger partial charge in [-0.1, -0.05) is 59.3 Å². The van der Waals surface area contributed by atoms with Crippen LogP contribution in [-0.2, 0) is 17.8 Å². The van der Waals surface area contributed by atoms with E-state index >= 15 is 0 Å². The number of thiazole rings is 1. The quantitative estimate of drug-likeness (QED) is 0.314. The number of amides is 1. The molecule has 2 heterocycles. The summed E-state index contributed by atoms with van der Waals surface area (Å²) in [6.07, 6.45) is 0.189. The predicted molar refractivity (Wildman–Crippen MR) is 137 cm³/mol. The summed E-state index contributed by atoms with van der Waals surface area (Å²) in [4.78, 5) is 17.3. The summed E-state index contributed by atoms with van der Waals surface area (Å²) >= 11 is 1.63. The Morgan fingerprint density at radius 2 is 1.65 bits per heavy atom. The van der Waals surface area contributed by atoms with Gasteiger partial charge >= 0.3 is 0 Å². The summed E-state index contributed by atoms with van der Waals surface area (Å²) < 4.78 is 5.40. The summed E-state index contributed by atoms with van der Waals surface area (Å²) in [5, 5.41) is 11.1. The average Bonchev–Trinajstić information content (AvgIpc) is 3.47. The van der Waals surface area contributed by atoms with Crippen molar-refractivity contribution < 1.29 is 9.32 Å². The van der Waals surface area contributed by atoms with Crippen molar-refractivity contribution in [3.8, 4) is 21.8 Å². The van der Waals surface area contributed by atoms with Crippen LogP contribution in [0.25, 0.3) is 32.8 Å². The molecule has 0 spiro atoms. The molecule has 0 saturated heterocycles. The van der Waals surface area contributed by atoms with Gasteiger partial charge in [-0.2, -0.15) is 0 Å². The van der Waals surface area contributed by atoms with Gasteiger partial charge in [-0.05, 0) is 49.6 Å². The van der Waals surface area contributed by atoms with Gasteiger partial charge in [0.05, 0.1) is 12.1 Å². The highest BCUT2D eigenvalue weighted by molar-refractivity contribution is 7.13. The molecule has 0 aliphatic heterocycles. The van der Waals surface area contributed by atoms with Crippen LogP contribution in [0.15, 0.2) is 70.6 Å². The van der Waals surface area contributed by atoms with Gasteiger partial charge in [-0.25, -0.2) is 4.98 Å². The number of aryl methyl sites for hydroxylation is 3. The Morgan fingerprint density at radius 1 is 0.941 bits per heavy atom. The average molecular weight is 468 g/mol. The number of nitrogens with one attached hydrogen (secondary N) is 1. The van der Waals surface area contributed by atoms with Gasteiger partial charge in [0.1, 0.15) is 10.7 Å². The molecule has 6 heteroatoms. The van der Waals surface area contributed by atoms with E-state index in [0.29, 0.717) is 17.8 Å². The van der Waals surface area contributed by atoms with Crippen LogP contribution in [0.1, 0.15) is 27.9 Å². The van der Waals surface area contributed by atoms with E-state index in [0.717, 1.165) is 43.9 Å². The van der Waals surface area contributed by atoms with Crippen molar-refractivity contribution in [1.29, 1.82) is 0 Å². The number of nitrogens with zero attached hydrogens (tertiary/aromatic N) is 2. The molecule has 1 amide bonds. The first-order valence-electron chi connectivity index (χ1n) is 11.2. The molecule has 3 aromatic carbocycles. The Bertz CT molecular complexity index is 1460. The topological polar surface area (TPSA) is 68.0 Å². The smallest absolute Gasteiger partial charge is 0.226 e. The number of hydrogen-bond acceptors (Lipinski definition) is 5. The Morgan fingerprint density at radius 3 is 2.41 bits per heavy atom. The van der Waals surface area contributed by atoms with Gasteiger partial charge in [0, 0.05) is 28.4 Å². The maximum Gasteiger partial charge on any atom is 0.226 e. The monoisotopic (exact) mass is 467 g/mol. The first kappa shape index (κ1) is 22.0. The molecule has 0 aliphatic carbocycles. The Kier molecular flexibility index (Phi) is 5.99. The molecular weight excluding hydrogens is 442 g/mol. The van der Waals surface area contributed by atoms with Gasteiger partial charge in [0.2, 0.25) is 5.91 Å². The highest BCUT2D eigenvalue weighted by atomic mass is 32.1. The number of aromatic nitrogens is 2. The van der Waals surface area contributed by atoms with E-state index in [9.17, 15) is 4.79 Å². The van der Waals surface area contributed by atoms with E-state index in [1.165, 1.54) is 5.56 Å². The second kappa shape index (κ2) is 9.23. The van der Waals surface area contributed by atoms with E-state index in [2.05, 4.69) is 59.2 Å². The van der Waals surface area contributed by atoms with Crippen LogP contribution in [0.3, 0.4) is 0 Å². The standard InChI is InChI=1S/C28H25N3O2S/c1-17-4-8-21(9-5-17)25-16-34-28(30-25)22-10-6-20(7-11-22)15-29-27(32)14-24-23-12-18(2)19(3)13-26(23)33-31-24/h4-13,16H,14-15H2,1-3H3,(H,29,32). The third-order valence-corrected chi connectivity index (χ3v) is 6.92. The molecule has 1 N–H and O–H groups in total. The maximum absolute atomic E-state index is 12.5. The van der Waals surface area contributed by atoms with Crippen molar-refractivity contribution in [2.24, 2.45) is 0 Å². The van der Waals surface area contributed by atoms with Crippen LogP contribution >= 0.6 is 11.3 Å². The number of carbonyl (C=O) groups is 1. The van der Waals surface area contributed by atoms with Crippen molar-refractivity contribution in [2.75, 3.05) is 0 Å². The molecule has 0 saturated carbocycles. The molecule has 0 fully saturated rings. The van der Waals surface area contributed by atoms with E-state index in [-0.39, 0.29) is 12.3 Å². The van der Waals surface area contributed by atoms with E-state index in [1.54, 1.807) is 11.3 Å². The van der Waals surface area contributed by atoms with Crippen molar-refractivity contribution in [3.63, 3.8) is 0 Å². The fourth-order valence-corrected chi connectivity index (χ4v) is 4.65. The molecule has 0 unspecified atom stereocenters. The highest BCUT2D eigenvalue weighted by Crippen LogP contribution is 2.29. The van der Waals surface area contributed by atoms with Crippen LogP contribution in [-0.4, -0.2) is 16.0 Å². The van der Waals surface area contributed by atoms with E-state index in [4.69, 9.17) is 9.51 Å². The molecule has 170 valence electrons. The summed E-state index contributed by atoms with van der Waals surface area (Å²) in [5.74, 6) is -0.0832. The fourth-order valence-electron chi connectivity index (χ4n) is 3.82. The van der Waals surface area contributed by atoms with Crippen LogP contribution in [0, 0.1) is 20.8 Å². The molecule has 0 bridgehead atoms. The first-order chi connectivity index (χ1) is 16.5. The Hall–Kier alpha value is -3.77. The highest BCUT2D eigenvalue weighted by Gasteiger charge is 2.14. The number of rotatable bonds is 6. The predicted octanol–water partition coefficient (Wildman–Crippen LogP) is 6.40. The summed E-state index contributed by atoms with van der Waals surface area (Å²) in [6.45, 7) is 6.62. The first-order valence-corrected chi connectivity index (χ1v) is 12.1. The van der Waals surface area contributed by atoms with Crippen molar-refractivity contribution >= 4 is 28.2 Å². The van der Waals surface area contributed by atoms with Gasteiger partial charge in [-0.15, -0.1) is 11.3 Å². The summed E-state index contributed by atoms with van der Waals surface area (Å²) in [5.41, 5.74) is 9.13. The summed E-state index contributed by atoms with van der Waals surface area (Å²) in [6, 6.07) is 20.6. The van der Waals surface area contributed by atoms with Crippen molar-refractivity contribution in [2.45, 2.75) is 33.7 Å². The molecule has 0 aliphatic rings. The molecule has 34 heavy (non-hydrogen) atoms. The lowest BCUT2D eigenvalue weighted by atomic mass is 10.1.